The summed E-state index contributed by atoms with van der Waals surface area (Å²) in [6.45, 7) is 13.7. The third kappa shape index (κ3) is 8.52. The third-order valence-corrected chi connectivity index (χ3v) is 2.40. The van der Waals surface area contributed by atoms with Gasteiger partial charge >= 0.3 is 0 Å². The van der Waals surface area contributed by atoms with Gasteiger partial charge in [0.2, 0.25) is 0 Å². The van der Waals surface area contributed by atoms with Crippen molar-refractivity contribution in [2.45, 2.75) is 53.1 Å². The highest BCUT2D eigenvalue weighted by molar-refractivity contribution is 4.61. The monoisotopic (exact) mass is 201 g/mol. The van der Waals surface area contributed by atoms with E-state index in [0.717, 1.165) is 25.6 Å². The Hall–Kier alpha value is -0.0800. The summed E-state index contributed by atoms with van der Waals surface area (Å²) in [5, 5.41) is 3.43. The molecule has 0 saturated carbocycles. The van der Waals surface area contributed by atoms with Crippen molar-refractivity contribution in [1.82, 2.24) is 5.32 Å². The molecule has 0 spiro atoms. The molecule has 1 N–H and O–H groups in total. The molecular weight excluding hydrogens is 174 g/mol. The second kappa shape index (κ2) is 7.24. The van der Waals surface area contributed by atoms with Crippen molar-refractivity contribution in [3.63, 3.8) is 0 Å². The summed E-state index contributed by atoms with van der Waals surface area (Å²) in [7, 11) is 0. The first-order valence-corrected chi connectivity index (χ1v) is 5.84. The molecule has 0 aromatic rings. The maximum absolute atomic E-state index is 5.62. The molecule has 0 aromatic carbocycles. The maximum atomic E-state index is 5.62. The zero-order valence-electron chi connectivity index (χ0n) is 10.5. The molecule has 2 heteroatoms. The van der Waals surface area contributed by atoms with Gasteiger partial charge in [-0.1, -0.05) is 26.7 Å². The molecule has 0 saturated heterocycles. The van der Waals surface area contributed by atoms with Gasteiger partial charge in [0.25, 0.3) is 0 Å². The molecule has 0 aromatic heterocycles. The van der Waals surface area contributed by atoms with Crippen molar-refractivity contribution in [3.05, 3.63) is 0 Å². The van der Waals surface area contributed by atoms with E-state index in [9.17, 15) is 0 Å². The van der Waals surface area contributed by atoms with E-state index >= 15 is 0 Å². The smallest absolute Gasteiger partial charge is 0.0599 e. The Morgan fingerprint density at radius 2 is 1.71 bits per heavy atom. The average molecular weight is 201 g/mol. The van der Waals surface area contributed by atoms with Crippen LogP contribution in [0.15, 0.2) is 0 Å². The van der Waals surface area contributed by atoms with E-state index in [1.165, 1.54) is 12.8 Å². The van der Waals surface area contributed by atoms with Gasteiger partial charge in [-0.15, -0.1) is 0 Å². The molecule has 0 aliphatic heterocycles. The van der Waals surface area contributed by atoms with Crippen LogP contribution in [0.3, 0.4) is 0 Å². The molecule has 0 unspecified atom stereocenters. The standard InChI is InChI=1S/C12H27NO/c1-6-11(7-2)10-13-8-9-14-12(3,4)5/h11,13H,6-10H2,1-5H3. The summed E-state index contributed by atoms with van der Waals surface area (Å²) in [5.41, 5.74) is -0.00338. The van der Waals surface area contributed by atoms with E-state index < -0.39 is 0 Å². The average Bonchev–Trinajstić information content (AvgIpc) is 2.09. The van der Waals surface area contributed by atoms with E-state index in [2.05, 4.69) is 39.9 Å². The fourth-order valence-corrected chi connectivity index (χ4v) is 1.31. The topological polar surface area (TPSA) is 21.3 Å². The van der Waals surface area contributed by atoms with Crippen molar-refractivity contribution in [2.75, 3.05) is 19.7 Å². The molecule has 0 atom stereocenters. The van der Waals surface area contributed by atoms with Gasteiger partial charge in [-0.3, -0.25) is 0 Å². The van der Waals surface area contributed by atoms with E-state index in [-0.39, 0.29) is 5.60 Å². The number of hydrogen-bond donors (Lipinski definition) is 1. The normalized spacial score (nSPS) is 12.4. The van der Waals surface area contributed by atoms with Crippen LogP contribution >= 0.6 is 0 Å². The number of rotatable bonds is 7. The first-order valence-electron chi connectivity index (χ1n) is 5.84. The van der Waals surface area contributed by atoms with Crippen molar-refractivity contribution in [3.8, 4) is 0 Å². The zero-order valence-corrected chi connectivity index (χ0v) is 10.5. The van der Waals surface area contributed by atoms with Crippen LogP contribution in [0.2, 0.25) is 0 Å². The van der Waals surface area contributed by atoms with Crippen LogP contribution in [-0.4, -0.2) is 25.3 Å². The Morgan fingerprint density at radius 3 is 2.14 bits per heavy atom. The molecule has 0 amide bonds. The Bertz CT molecular complexity index is 125. The van der Waals surface area contributed by atoms with Crippen LogP contribution in [0, 0.1) is 5.92 Å². The fraction of sp³-hybridized carbons (Fsp3) is 1.00. The molecule has 86 valence electrons. The van der Waals surface area contributed by atoms with Crippen molar-refractivity contribution in [2.24, 2.45) is 5.92 Å². The van der Waals surface area contributed by atoms with Gasteiger partial charge in [-0.2, -0.15) is 0 Å². The second-order valence-electron chi connectivity index (χ2n) is 4.85. The van der Waals surface area contributed by atoms with Crippen LogP contribution < -0.4 is 5.32 Å². The molecule has 0 rings (SSSR count). The van der Waals surface area contributed by atoms with Crippen LogP contribution in [0.25, 0.3) is 0 Å². The summed E-state index contributed by atoms with van der Waals surface area (Å²) >= 11 is 0. The molecule has 0 aliphatic rings. The summed E-state index contributed by atoms with van der Waals surface area (Å²) in [6, 6.07) is 0. The summed E-state index contributed by atoms with van der Waals surface area (Å²) in [6.07, 6.45) is 2.53. The summed E-state index contributed by atoms with van der Waals surface area (Å²) in [5.74, 6) is 0.824. The predicted molar refractivity (Wildman–Crippen MR) is 62.6 cm³/mol. The lowest BCUT2D eigenvalue weighted by molar-refractivity contribution is -0.00103. The highest BCUT2D eigenvalue weighted by atomic mass is 16.5. The van der Waals surface area contributed by atoms with Crippen LogP contribution in [0.4, 0.5) is 0 Å². The first-order chi connectivity index (χ1) is 6.49. The van der Waals surface area contributed by atoms with Gasteiger partial charge in [0.1, 0.15) is 0 Å². The Morgan fingerprint density at radius 1 is 1.14 bits per heavy atom. The molecule has 0 radical (unpaired) electrons. The van der Waals surface area contributed by atoms with Crippen molar-refractivity contribution < 1.29 is 4.74 Å². The lowest BCUT2D eigenvalue weighted by atomic mass is 10.0. The van der Waals surface area contributed by atoms with Gasteiger partial charge in [0.05, 0.1) is 12.2 Å². The molecule has 0 bridgehead atoms. The molecule has 2 nitrogen and oxygen atoms in total. The van der Waals surface area contributed by atoms with Gasteiger partial charge in [0, 0.05) is 6.54 Å². The zero-order chi connectivity index (χ0) is 11.0. The lowest BCUT2D eigenvalue weighted by Crippen LogP contribution is -2.29. The van der Waals surface area contributed by atoms with Gasteiger partial charge < -0.3 is 10.1 Å². The van der Waals surface area contributed by atoms with Crippen molar-refractivity contribution in [1.29, 1.82) is 0 Å². The molecule has 0 aliphatic carbocycles. The number of nitrogens with one attached hydrogen (secondary N) is 1. The molecule has 14 heavy (non-hydrogen) atoms. The minimum absolute atomic E-state index is 0.00338. The molecular formula is C12H27NO. The maximum Gasteiger partial charge on any atom is 0.0599 e. The molecule has 0 fully saturated rings. The Kier molecular flexibility index (Phi) is 7.20. The van der Waals surface area contributed by atoms with Gasteiger partial charge in [-0.05, 0) is 33.2 Å². The highest BCUT2D eigenvalue weighted by Gasteiger charge is 2.09. The SMILES string of the molecule is CCC(CC)CNCCOC(C)(C)C. The minimum Gasteiger partial charge on any atom is -0.375 e. The van der Waals surface area contributed by atoms with E-state index in [1.54, 1.807) is 0 Å². The summed E-state index contributed by atoms with van der Waals surface area (Å²) < 4.78 is 5.62. The quantitative estimate of drug-likeness (QED) is 0.640. The van der Waals surface area contributed by atoms with Crippen molar-refractivity contribution >= 4 is 0 Å². The largest absolute Gasteiger partial charge is 0.375 e. The van der Waals surface area contributed by atoms with E-state index in [4.69, 9.17) is 4.74 Å². The minimum atomic E-state index is -0.00338. The second-order valence-corrected chi connectivity index (χ2v) is 4.85. The molecule has 0 heterocycles. The first kappa shape index (κ1) is 13.9. The Labute approximate surface area is 89.4 Å². The lowest BCUT2D eigenvalue weighted by Gasteiger charge is -2.20. The number of hydrogen-bond acceptors (Lipinski definition) is 2. The predicted octanol–water partition coefficient (Wildman–Crippen LogP) is 2.83. The fourth-order valence-electron chi connectivity index (χ4n) is 1.31. The van der Waals surface area contributed by atoms with E-state index in [1.807, 2.05) is 0 Å². The van der Waals surface area contributed by atoms with Crippen LogP contribution in [0.5, 0.6) is 0 Å². The Balaban J connectivity index is 3.29. The van der Waals surface area contributed by atoms with Crippen LogP contribution in [-0.2, 0) is 4.74 Å². The highest BCUT2D eigenvalue weighted by Crippen LogP contribution is 2.06. The van der Waals surface area contributed by atoms with Crippen LogP contribution in [0.1, 0.15) is 47.5 Å². The third-order valence-electron chi connectivity index (χ3n) is 2.40. The van der Waals surface area contributed by atoms with Gasteiger partial charge in [0.15, 0.2) is 0 Å². The van der Waals surface area contributed by atoms with Gasteiger partial charge in [-0.25, -0.2) is 0 Å². The van der Waals surface area contributed by atoms with E-state index in [0.29, 0.717) is 0 Å². The number of ether oxygens (including phenoxy) is 1. The summed E-state index contributed by atoms with van der Waals surface area (Å²) in [4.78, 5) is 0.